The Hall–Kier alpha value is -1.53. The van der Waals surface area contributed by atoms with E-state index in [4.69, 9.17) is 14.8 Å². The molecule has 5 heteroatoms. The van der Waals surface area contributed by atoms with E-state index in [0.29, 0.717) is 6.61 Å². The molecule has 0 saturated carbocycles. The first kappa shape index (κ1) is 26.1. The van der Waals surface area contributed by atoms with Gasteiger partial charge in [-0.3, -0.25) is 0 Å². The average Bonchev–Trinajstić information content (AvgIpc) is 3.25. The van der Waals surface area contributed by atoms with Crippen molar-refractivity contribution in [3.05, 3.63) is 48.3 Å². The molecular formula is C28H42N2O2Sn. The number of aryl methyl sites for hydroxylation is 1. The Morgan fingerprint density at radius 1 is 0.909 bits per heavy atom. The van der Waals surface area contributed by atoms with Gasteiger partial charge in [0.15, 0.2) is 0 Å². The molecule has 0 atom stereocenters. The van der Waals surface area contributed by atoms with Crippen molar-refractivity contribution >= 4 is 27.6 Å². The molecule has 0 aliphatic carbocycles. The fourth-order valence-corrected chi connectivity index (χ4v) is 22.1. The predicted octanol–water partition coefficient (Wildman–Crippen LogP) is 6.74. The van der Waals surface area contributed by atoms with E-state index in [1.54, 1.807) is 3.58 Å². The van der Waals surface area contributed by atoms with Crippen LogP contribution in [0.3, 0.4) is 0 Å². The summed E-state index contributed by atoms with van der Waals surface area (Å²) in [6.45, 7) is 9.69. The molecule has 0 bridgehead atoms. The number of aliphatic hydroxyl groups is 1. The molecule has 0 aliphatic rings. The molecule has 3 aromatic rings. The number of imidazole rings is 1. The van der Waals surface area contributed by atoms with E-state index in [1.807, 2.05) is 12.1 Å². The Kier molecular flexibility index (Phi) is 10.1. The first-order valence-corrected chi connectivity index (χ1v) is 20.4. The van der Waals surface area contributed by atoms with Crippen molar-refractivity contribution in [1.82, 2.24) is 9.38 Å². The fourth-order valence-electron chi connectivity index (χ4n) is 5.03. The van der Waals surface area contributed by atoms with Crippen LogP contribution in [-0.4, -0.2) is 46.1 Å². The Balaban J connectivity index is 1.99. The second-order valence-corrected chi connectivity index (χ2v) is 22.6. The van der Waals surface area contributed by atoms with Crippen molar-refractivity contribution < 1.29 is 9.84 Å². The van der Waals surface area contributed by atoms with Crippen molar-refractivity contribution in [3.63, 3.8) is 0 Å². The number of unbranched alkanes of at least 4 members (excludes halogenated alkanes) is 3. The van der Waals surface area contributed by atoms with E-state index in [9.17, 15) is 0 Å². The van der Waals surface area contributed by atoms with Gasteiger partial charge >= 0.3 is 200 Å². The monoisotopic (exact) mass is 558 g/mol. The summed E-state index contributed by atoms with van der Waals surface area (Å²) >= 11 is -2.51. The van der Waals surface area contributed by atoms with Crippen LogP contribution in [0.15, 0.2) is 42.7 Å². The summed E-state index contributed by atoms with van der Waals surface area (Å²) in [4.78, 5) is 4.95. The Labute approximate surface area is 204 Å². The van der Waals surface area contributed by atoms with Crippen LogP contribution >= 0.6 is 0 Å². The maximum atomic E-state index is 8.95. The molecule has 0 saturated heterocycles. The third-order valence-electron chi connectivity index (χ3n) is 6.91. The van der Waals surface area contributed by atoms with Gasteiger partial charge in [-0.25, -0.2) is 0 Å². The number of hydrogen-bond acceptors (Lipinski definition) is 3. The van der Waals surface area contributed by atoms with E-state index >= 15 is 0 Å². The van der Waals surface area contributed by atoms with Crippen LogP contribution in [0.5, 0.6) is 5.75 Å². The normalized spacial score (nSPS) is 11.9. The second kappa shape index (κ2) is 12.8. The van der Waals surface area contributed by atoms with E-state index in [0.717, 1.165) is 22.7 Å². The zero-order chi connectivity index (χ0) is 23.7. The Bertz CT molecular complexity index is 975. The molecule has 1 N–H and O–H groups in total. The van der Waals surface area contributed by atoms with Crippen LogP contribution in [-0.2, 0) is 0 Å². The van der Waals surface area contributed by atoms with Crippen molar-refractivity contribution in [2.45, 2.75) is 79.5 Å². The summed E-state index contributed by atoms with van der Waals surface area (Å²) in [5.74, 6) is 0.774. The molecule has 0 radical (unpaired) electrons. The van der Waals surface area contributed by atoms with Crippen molar-refractivity contribution in [2.75, 3.05) is 13.2 Å². The van der Waals surface area contributed by atoms with Gasteiger partial charge in [0.05, 0.1) is 0 Å². The molecule has 33 heavy (non-hydrogen) atoms. The molecule has 1 aromatic carbocycles. The van der Waals surface area contributed by atoms with Crippen LogP contribution in [0.1, 0.15) is 64.9 Å². The molecular weight excluding hydrogens is 515 g/mol. The third kappa shape index (κ3) is 6.54. The summed E-state index contributed by atoms with van der Waals surface area (Å²) in [6.07, 6.45) is 12.7. The van der Waals surface area contributed by atoms with Crippen molar-refractivity contribution in [1.29, 1.82) is 0 Å². The first-order chi connectivity index (χ1) is 16.1. The topological polar surface area (TPSA) is 46.8 Å². The number of aliphatic hydroxyl groups excluding tert-OH is 1. The van der Waals surface area contributed by atoms with Gasteiger partial charge in [-0.1, -0.05) is 0 Å². The molecule has 0 fully saturated rings. The van der Waals surface area contributed by atoms with Gasteiger partial charge < -0.3 is 5.11 Å². The number of ether oxygens (including phenoxy) is 1. The zero-order valence-electron chi connectivity index (χ0n) is 21.1. The van der Waals surface area contributed by atoms with E-state index < -0.39 is 18.4 Å². The van der Waals surface area contributed by atoms with Crippen LogP contribution in [0.2, 0.25) is 13.3 Å². The van der Waals surface area contributed by atoms with Crippen molar-refractivity contribution in [2.24, 2.45) is 0 Å². The quantitative estimate of drug-likeness (QED) is 0.224. The maximum absolute atomic E-state index is 8.95. The van der Waals surface area contributed by atoms with Gasteiger partial charge in [-0.15, -0.1) is 0 Å². The Morgan fingerprint density at radius 3 is 2.06 bits per heavy atom. The number of nitrogens with zero attached hydrogens (tertiary/aromatic N) is 2. The first-order valence-electron chi connectivity index (χ1n) is 12.9. The molecule has 3 rings (SSSR count). The summed E-state index contributed by atoms with van der Waals surface area (Å²) in [7, 11) is 0. The number of pyridine rings is 1. The van der Waals surface area contributed by atoms with Crippen LogP contribution in [0, 0.1) is 6.92 Å². The summed E-state index contributed by atoms with van der Waals surface area (Å²) in [6, 6.07) is 10.3. The Morgan fingerprint density at radius 2 is 1.52 bits per heavy atom. The minimum absolute atomic E-state index is 0.0249. The molecule has 0 amide bonds. The summed E-state index contributed by atoms with van der Waals surface area (Å²) in [5.41, 5.74) is 4.59. The zero-order valence-corrected chi connectivity index (χ0v) is 23.9. The average molecular weight is 557 g/mol. The number of benzene rings is 1. The molecule has 180 valence electrons. The SMILES string of the molecule is CCC[CH2][Sn]([CH2]CCC)([CH2]CCC)[c]1cn2cc(-c3ccc(OCCO)cc3)nc2cc1C. The fraction of sp³-hybridized carbons (Fsp3) is 0.536. The number of hydrogen-bond donors (Lipinski definition) is 1. The molecule has 0 spiro atoms. The van der Waals surface area contributed by atoms with E-state index in [2.05, 4.69) is 62.7 Å². The van der Waals surface area contributed by atoms with Gasteiger partial charge in [0.2, 0.25) is 0 Å². The van der Waals surface area contributed by atoms with Gasteiger partial charge in [0.1, 0.15) is 0 Å². The van der Waals surface area contributed by atoms with E-state index in [1.165, 1.54) is 57.4 Å². The van der Waals surface area contributed by atoms with E-state index in [-0.39, 0.29) is 6.61 Å². The minimum atomic E-state index is -2.51. The van der Waals surface area contributed by atoms with Gasteiger partial charge in [0.25, 0.3) is 0 Å². The van der Waals surface area contributed by atoms with Gasteiger partial charge in [-0.2, -0.15) is 0 Å². The standard InChI is InChI=1S/C16H15N2O2.3C4H9.Sn/c1-12-6-7-18-11-15(17-16(18)10-12)13-2-4-14(5-3-13)20-9-8-19;3*1-3-4-2;/h2-5,7,10-11,19H,8-9H2,1H3;3*1,3-4H2,2H3;. The van der Waals surface area contributed by atoms with Gasteiger partial charge in [-0.05, 0) is 0 Å². The predicted molar refractivity (Wildman–Crippen MR) is 142 cm³/mol. The second-order valence-electron chi connectivity index (χ2n) is 9.45. The number of aromatic nitrogens is 2. The third-order valence-corrected chi connectivity index (χ3v) is 22.9. The van der Waals surface area contributed by atoms with Crippen LogP contribution in [0.4, 0.5) is 0 Å². The molecule has 0 aliphatic heterocycles. The van der Waals surface area contributed by atoms with Crippen molar-refractivity contribution in [3.8, 4) is 17.0 Å². The van der Waals surface area contributed by atoms with Crippen LogP contribution < -0.4 is 8.32 Å². The van der Waals surface area contributed by atoms with Crippen LogP contribution in [0.25, 0.3) is 16.9 Å². The number of fused-ring (bicyclic) bond motifs is 1. The summed E-state index contributed by atoms with van der Waals surface area (Å²) in [5, 5.41) is 8.95. The number of rotatable bonds is 14. The summed E-state index contributed by atoms with van der Waals surface area (Å²) < 4.78 is 14.0. The molecule has 2 aromatic heterocycles. The molecule has 0 unspecified atom stereocenters. The molecule has 2 heterocycles. The molecule has 4 nitrogen and oxygen atoms in total. The van der Waals surface area contributed by atoms with Gasteiger partial charge in [0, 0.05) is 0 Å².